The van der Waals surface area contributed by atoms with Gasteiger partial charge in [-0.15, -0.1) is 0 Å². The van der Waals surface area contributed by atoms with E-state index in [1.165, 1.54) is 6.08 Å². The Hall–Kier alpha value is -3.22. The molecule has 0 atom stereocenters. The highest BCUT2D eigenvalue weighted by atomic mass is 16.5. The van der Waals surface area contributed by atoms with E-state index in [1.54, 1.807) is 25.1 Å². The highest BCUT2D eigenvalue weighted by molar-refractivity contribution is 5.98. The van der Waals surface area contributed by atoms with Gasteiger partial charge in [0.15, 0.2) is 0 Å². The number of carbonyl (C=O) groups is 4. The number of amides is 2. The van der Waals surface area contributed by atoms with Crippen molar-refractivity contribution in [2.45, 2.75) is 6.92 Å². The van der Waals surface area contributed by atoms with Gasteiger partial charge in [0.2, 0.25) is 0 Å². The number of nitrogens with zero attached hydrogens (tertiary/aromatic N) is 1. The van der Waals surface area contributed by atoms with Gasteiger partial charge in [-0.2, -0.15) is 0 Å². The van der Waals surface area contributed by atoms with Crippen molar-refractivity contribution in [3.05, 3.63) is 54.1 Å². The molecule has 1 rings (SSSR count). The van der Waals surface area contributed by atoms with E-state index >= 15 is 0 Å². The van der Waals surface area contributed by atoms with Crippen molar-refractivity contribution in [3.63, 3.8) is 0 Å². The number of aldehydes is 1. The van der Waals surface area contributed by atoms with Gasteiger partial charge in [0.1, 0.15) is 6.29 Å². The molecule has 1 N–H and O–H groups in total. The van der Waals surface area contributed by atoms with Crippen LogP contribution >= 0.6 is 0 Å². The minimum atomic E-state index is -0.730. The van der Waals surface area contributed by atoms with Gasteiger partial charge in [0.05, 0.1) is 13.2 Å². The first-order valence-electron chi connectivity index (χ1n) is 7.20. The Balaban J connectivity index is 2.66. The van der Waals surface area contributed by atoms with Gasteiger partial charge in [0, 0.05) is 18.2 Å². The number of hydrogen-bond acceptors (Lipinski definition) is 5. The maximum absolute atomic E-state index is 12.0. The molecule has 0 unspecified atom stereocenters. The Morgan fingerprint density at radius 3 is 2.46 bits per heavy atom. The number of benzene rings is 1. The summed E-state index contributed by atoms with van der Waals surface area (Å²) in [6, 6.07) is 9.07. The smallest absolute Gasteiger partial charge is 0.330 e. The van der Waals surface area contributed by atoms with Crippen LogP contribution in [-0.2, 0) is 23.9 Å². The van der Waals surface area contributed by atoms with E-state index in [2.05, 4.69) is 10.2 Å². The van der Waals surface area contributed by atoms with Crippen LogP contribution in [0.1, 0.15) is 12.5 Å². The zero-order valence-electron chi connectivity index (χ0n) is 13.2. The molecule has 2 amide bonds. The van der Waals surface area contributed by atoms with Gasteiger partial charge < -0.3 is 9.53 Å². The van der Waals surface area contributed by atoms with Gasteiger partial charge in [-0.25, -0.2) is 9.80 Å². The molecule has 0 fully saturated rings. The quantitative estimate of drug-likeness (QED) is 0.347. The molecule has 0 radical (unpaired) electrons. The van der Waals surface area contributed by atoms with Crippen LogP contribution in [0, 0.1) is 0 Å². The molecule has 0 aliphatic heterocycles. The Labute approximate surface area is 139 Å². The summed E-state index contributed by atoms with van der Waals surface area (Å²) in [5.41, 5.74) is 3.02. The minimum Gasteiger partial charge on any atom is -0.463 e. The Bertz CT molecular complexity index is 638. The average Bonchev–Trinajstić information content (AvgIpc) is 2.58. The second kappa shape index (κ2) is 10.5. The summed E-state index contributed by atoms with van der Waals surface area (Å²) < 4.78 is 4.63. The highest BCUT2D eigenvalue weighted by Crippen LogP contribution is 2.01. The Morgan fingerprint density at radius 2 is 1.83 bits per heavy atom. The third-order valence-electron chi connectivity index (χ3n) is 2.64. The van der Waals surface area contributed by atoms with Crippen molar-refractivity contribution in [1.82, 2.24) is 10.4 Å². The van der Waals surface area contributed by atoms with Crippen LogP contribution in [0.3, 0.4) is 0 Å². The van der Waals surface area contributed by atoms with Gasteiger partial charge in [0.25, 0.3) is 11.8 Å². The first-order valence-corrected chi connectivity index (χ1v) is 7.20. The fourth-order valence-corrected chi connectivity index (χ4v) is 1.59. The molecule has 0 heterocycles. The second-order valence-electron chi connectivity index (χ2n) is 4.42. The number of ether oxygens (including phenoxy) is 1. The van der Waals surface area contributed by atoms with Gasteiger partial charge >= 0.3 is 5.97 Å². The fourth-order valence-electron chi connectivity index (χ4n) is 1.59. The molecule has 1 aromatic carbocycles. The van der Waals surface area contributed by atoms with Gasteiger partial charge in [-0.3, -0.25) is 15.0 Å². The van der Waals surface area contributed by atoms with Crippen LogP contribution in [0.2, 0.25) is 0 Å². The van der Waals surface area contributed by atoms with E-state index in [0.717, 1.165) is 22.7 Å². The lowest BCUT2D eigenvalue weighted by Crippen LogP contribution is -2.45. The molecule has 1 aromatic rings. The monoisotopic (exact) mass is 330 g/mol. The third kappa shape index (κ3) is 7.17. The summed E-state index contributed by atoms with van der Waals surface area (Å²) in [7, 11) is 0. The number of hydrogen-bond donors (Lipinski definition) is 1. The SMILES string of the molecule is CCOC(=O)C=CC(=O)NN(CC=O)C(=O)C=Cc1ccccc1. The molecule has 0 aromatic heterocycles. The van der Waals surface area contributed by atoms with Crippen LogP contribution in [0.25, 0.3) is 6.08 Å². The first-order chi connectivity index (χ1) is 11.6. The Morgan fingerprint density at radius 1 is 1.12 bits per heavy atom. The maximum Gasteiger partial charge on any atom is 0.330 e. The fraction of sp³-hybridized carbons (Fsp3) is 0.176. The van der Waals surface area contributed by atoms with E-state index in [-0.39, 0.29) is 13.2 Å². The predicted octanol–water partition coefficient (Wildman–Crippen LogP) is 0.878. The van der Waals surface area contributed by atoms with Crippen molar-refractivity contribution >= 4 is 30.1 Å². The zero-order chi connectivity index (χ0) is 17.8. The molecular formula is C17H18N2O5. The summed E-state index contributed by atoms with van der Waals surface area (Å²) in [6.45, 7) is 1.50. The number of hydrazine groups is 1. The Kier molecular flexibility index (Phi) is 8.23. The summed E-state index contributed by atoms with van der Waals surface area (Å²) >= 11 is 0. The van der Waals surface area contributed by atoms with E-state index in [1.807, 2.05) is 18.2 Å². The second-order valence-corrected chi connectivity index (χ2v) is 4.42. The lowest BCUT2D eigenvalue weighted by molar-refractivity contribution is -0.138. The summed E-state index contributed by atoms with van der Waals surface area (Å²) in [5.74, 6) is -1.99. The van der Waals surface area contributed by atoms with E-state index in [9.17, 15) is 19.2 Å². The van der Waals surface area contributed by atoms with Crippen molar-refractivity contribution in [2.24, 2.45) is 0 Å². The molecule has 7 heteroatoms. The van der Waals surface area contributed by atoms with Crippen molar-refractivity contribution in [2.75, 3.05) is 13.2 Å². The summed E-state index contributed by atoms with van der Waals surface area (Å²) in [5, 5.41) is 0.838. The number of esters is 1. The summed E-state index contributed by atoms with van der Waals surface area (Å²) in [6.07, 6.45) is 5.12. The zero-order valence-corrected chi connectivity index (χ0v) is 13.2. The van der Waals surface area contributed by atoms with E-state index in [0.29, 0.717) is 6.29 Å². The largest absolute Gasteiger partial charge is 0.463 e. The average molecular weight is 330 g/mol. The topological polar surface area (TPSA) is 92.8 Å². The summed E-state index contributed by atoms with van der Waals surface area (Å²) in [4.78, 5) is 45.5. The molecule has 126 valence electrons. The normalized spacial score (nSPS) is 10.5. The van der Waals surface area contributed by atoms with Gasteiger partial charge in [-0.1, -0.05) is 30.3 Å². The predicted molar refractivity (Wildman–Crippen MR) is 87.2 cm³/mol. The van der Waals surface area contributed by atoms with Gasteiger partial charge in [-0.05, 0) is 18.6 Å². The lowest BCUT2D eigenvalue weighted by atomic mass is 10.2. The van der Waals surface area contributed by atoms with Crippen LogP contribution in [-0.4, -0.2) is 42.2 Å². The molecule has 0 aliphatic rings. The number of rotatable bonds is 7. The molecule has 0 saturated carbocycles. The molecule has 7 nitrogen and oxygen atoms in total. The molecular weight excluding hydrogens is 312 g/mol. The lowest BCUT2D eigenvalue weighted by Gasteiger charge is -2.18. The molecule has 0 saturated heterocycles. The van der Waals surface area contributed by atoms with Crippen LogP contribution < -0.4 is 5.43 Å². The first kappa shape index (κ1) is 18.8. The molecule has 24 heavy (non-hydrogen) atoms. The minimum absolute atomic E-state index is 0.185. The van der Waals surface area contributed by atoms with Crippen LogP contribution in [0.5, 0.6) is 0 Å². The van der Waals surface area contributed by atoms with E-state index < -0.39 is 17.8 Å². The number of carbonyl (C=O) groups excluding carboxylic acids is 4. The molecule has 0 spiro atoms. The molecule has 0 bridgehead atoms. The standard InChI is InChI=1S/C17H18N2O5/c1-2-24-17(23)11-9-15(21)18-19(12-13-20)16(22)10-8-14-6-4-3-5-7-14/h3-11,13H,2,12H2,1H3,(H,18,21). The maximum atomic E-state index is 12.0. The van der Waals surface area contributed by atoms with Crippen molar-refractivity contribution in [3.8, 4) is 0 Å². The van der Waals surface area contributed by atoms with Crippen molar-refractivity contribution in [1.29, 1.82) is 0 Å². The third-order valence-corrected chi connectivity index (χ3v) is 2.64. The van der Waals surface area contributed by atoms with E-state index in [4.69, 9.17) is 0 Å². The van der Waals surface area contributed by atoms with Crippen LogP contribution in [0.4, 0.5) is 0 Å². The number of nitrogens with one attached hydrogen (secondary N) is 1. The molecule has 0 aliphatic carbocycles. The van der Waals surface area contributed by atoms with Crippen LogP contribution in [0.15, 0.2) is 48.6 Å². The van der Waals surface area contributed by atoms with Crippen molar-refractivity contribution < 1.29 is 23.9 Å². The highest BCUT2D eigenvalue weighted by Gasteiger charge is 2.12.